The SMILES string of the molecule is Cc1ccc(Cl)cc1NC(=O)CC(=O)Nc1c(C)cccc1C. The molecule has 0 aliphatic heterocycles. The summed E-state index contributed by atoms with van der Waals surface area (Å²) >= 11 is 5.92. The number of amides is 2. The lowest BCUT2D eigenvalue weighted by atomic mass is 10.1. The topological polar surface area (TPSA) is 58.2 Å². The van der Waals surface area contributed by atoms with E-state index in [1.807, 2.05) is 45.0 Å². The minimum absolute atomic E-state index is 0.250. The molecule has 0 radical (unpaired) electrons. The quantitative estimate of drug-likeness (QED) is 0.824. The summed E-state index contributed by atoms with van der Waals surface area (Å²) in [4.78, 5) is 24.1. The zero-order chi connectivity index (χ0) is 17.0. The van der Waals surface area contributed by atoms with Crippen LogP contribution >= 0.6 is 11.6 Å². The molecule has 0 saturated heterocycles. The second-order valence-electron chi connectivity index (χ2n) is 5.50. The highest BCUT2D eigenvalue weighted by atomic mass is 35.5. The lowest BCUT2D eigenvalue weighted by Crippen LogP contribution is -2.22. The van der Waals surface area contributed by atoms with E-state index in [0.717, 1.165) is 22.4 Å². The van der Waals surface area contributed by atoms with Crippen LogP contribution in [0.25, 0.3) is 0 Å². The van der Waals surface area contributed by atoms with Gasteiger partial charge in [0.25, 0.3) is 0 Å². The third kappa shape index (κ3) is 4.57. The van der Waals surface area contributed by atoms with Crippen LogP contribution in [0.5, 0.6) is 0 Å². The molecule has 0 bridgehead atoms. The second-order valence-corrected chi connectivity index (χ2v) is 5.94. The number of carbonyl (C=O) groups excluding carboxylic acids is 2. The molecule has 2 aromatic rings. The van der Waals surface area contributed by atoms with Crippen LogP contribution < -0.4 is 10.6 Å². The van der Waals surface area contributed by atoms with E-state index in [2.05, 4.69) is 10.6 Å². The molecule has 0 spiro atoms. The van der Waals surface area contributed by atoms with Crippen molar-refractivity contribution in [2.24, 2.45) is 0 Å². The molecule has 23 heavy (non-hydrogen) atoms. The average molecular weight is 331 g/mol. The Morgan fingerprint density at radius 3 is 2.17 bits per heavy atom. The van der Waals surface area contributed by atoms with Gasteiger partial charge in [-0.25, -0.2) is 0 Å². The van der Waals surface area contributed by atoms with Crippen molar-refractivity contribution in [2.75, 3.05) is 10.6 Å². The van der Waals surface area contributed by atoms with Gasteiger partial charge < -0.3 is 10.6 Å². The maximum atomic E-state index is 12.1. The Kier molecular flexibility index (Phi) is 5.40. The van der Waals surface area contributed by atoms with Crippen LogP contribution in [0.15, 0.2) is 36.4 Å². The van der Waals surface area contributed by atoms with Crippen LogP contribution in [0.1, 0.15) is 23.1 Å². The maximum absolute atomic E-state index is 12.1. The van der Waals surface area contributed by atoms with Crippen LogP contribution in [0, 0.1) is 20.8 Å². The van der Waals surface area contributed by atoms with Gasteiger partial charge in [-0.05, 0) is 49.6 Å². The molecule has 0 fully saturated rings. The lowest BCUT2D eigenvalue weighted by Gasteiger charge is -2.12. The highest BCUT2D eigenvalue weighted by Gasteiger charge is 2.13. The van der Waals surface area contributed by atoms with Crippen molar-refractivity contribution < 1.29 is 9.59 Å². The van der Waals surface area contributed by atoms with E-state index in [4.69, 9.17) is 11.6 Å². The number of aryl methyl sites for hydroxylation is 3. The molecule has 2 aromatic carbocycles. The highest BCUT2D eigenvalue weighted by molar-refractivity contribution is 6.31. The fraction of sp³-hybridized carbons (Fsp3) is 0.222. The van der Waals surface area contributed by atoms with Gasteiger partial charge in [-0.15, -0.1) is 0 Å². The van der Waals surface area contributed by atoms with Crippen molar-refractivity contribution in [3.8, 4) is 0 Å². The molecule has 0 unspecified atom stereocenters. The van der Waals surface area contributed by atoms with E-state index >= 15 is 0 Å². The molecule has 0 aliphatic rings. The lowest BCUT2D eigenvalue weighted by molar-refractivity contribution is -0.123. The van der Waals surface area contributed by atoms with Gasteiger partial charge in [0.15, 0.2) is 0 Å². The summed E-state index contributed by atoms with van der Waals surface area (Å²) < 4.78 is 0. The van der Waals surface area contributed by atoms with Gasteiger partial charge in [0, 0.05) is 16.4 Å². The van der Waals surface area contributed by atoms with Gasteiger partial charge in [-0.2, -0.15) is 0 Å². The second kappa shape index (κ2) is 7.29. The standard InChI is InChI=1S/C18H19ClN2O2/c1-11-7-8-14(19)9-15(11)20-16(22)10-17(23)21-18-12(2)5-4-6-13(18)3/h4-9H,10H2,1-3H3,(H,20,22)(H,21,23). The number of nitrogens with one attached hydrogen (secondary N) is 2. The molecule has 0 heterocycles. The highest BCUT2D eigenvalue weighted by Crippen LogP contribution is 2.21. The number of hydrogen-bond donors (Lipinski definition) is 2. The van der Waals surface area contributed by atoms with E-state index in [9.17, 15) is 9.59 Å². The Labute approximate surface area is 140 Å². The van der Waals surface area contributed by atoms with Crippen molar-refractivity contribution in [2.45, 2.75) is 27.2 Å². The summed E-state index contributed by atoms with van der Waals surface area (Å²) in [5.41, 5.74) is 4.18. The van der Waals surface area contributed by atoms with E-state index in [-0.39, 0.29) is 18.2 Å². The van der Waals surface area contributed by atoms with E-state index in [1.165, 1.54) is 0 Å². The zero-order valence-corrected chi connectivity index (χ0v) is 14.1. The predicted octanol–water partition coefficient (Wildman–Crippen LogP) is 4.23. The Morgan fingerprint density at radius 2 is 1.52 bits per heavy atom. The van der Waals surface area contributed by atoms with Crippen molar-refractivity contribution in [1.82, 2.24) is 0 Å². The Hall–Kier alpha value is -2.33. The average Bonchev–Trinajstić information content (AvgIpc) is 2.47. The largest absolute Gasteiger partial charge is 0.325 e. The third-order valence-electron chi connectivity index (χ3n) is 3.54. The minimum atomic E-state index is -0.376. The molecule has 0 aliphatic carbocycles. The van der Waals surface area contributed by atoms with Crippen LogP contribution in [-0.2, 0) is 9.59 Å². The molecular weight excluding hydrogens is 312 g/mol. The number of hydrogen-bond acceptors (Lipinski definition) is 2. The van der Waals surface area contributed by atoms with Crippen molar-refractivity contribution in [3.63, 3.8) is 0 Å². The number of carbonyl (C=O) groups is 2. The Balaban J connectivity index is 2.00. The number of anilines is 2. The summed E-state index contributed by atoms with van der Waals surface area (Å²) in [7, 11) is 0. The molecule has 0 aromatic heterocycles. The van der Waals surface area contributed by atoms with Crippen LogP contribution in [0.2, 0.25) is 5.02 Å². The maximum Gasteiger partial charge on any atom is 0.233 e. The summed E-state index contributed by atoms with van der Waals surface area (Å²) in [5, 5.41) is 6.04. The third-order valence-corrected chi connectivity index (χ3v) is 3.78. The molecule has 120 valence electrons. The van der Waals surface area contributed by atoms with Gasteiger partial charge in [0.2, 0.25) is 11.8 Å². The van der Waals surface area contributed by atoms with Crippen molar-refractivity contribution in [3.05, 3.63) is 58.1 Å². The van der Waals surface area contributed by atoms with Gasteiger partial charge in [0.05, 0.1) is 0 Å². The number of para-hydroxylation sites is 1. The molecule has 2 N–H and O–H groups in total. The van der Waals surface area contributed by atoms with Crippen LogP contribution in [-0.4, -0.2) is 11.8 Å². The van der Waals surface area contributed by atoms with Crippen LogP contribution in [0.3, 0.4) is 0 Å². The normalized spacial score (nSPS) is 10.3. The molecule has 4 nitrogen and oxygen atoms in total. The molecule has 0 saturated carbocycles. The fourth-order valence-corrected chi connectivity index (χ4v) is 2.44. The van der Waals surface area contributed by atoms with Gasteiger partial charge in [-0.1, -0.05) is 35.9 Å². The minimum Gasteiger partial charge on any atom is -0.325 e. The van der Waals surface area contributed by atoms with E-state index < -0.39 is 0 Å². The smallest absolute Gasteiger partial charge is 0.233 e. The summed E-state index contributed by atoms with van der Waals surface area (Å²) in [6.45, 7) is 5.69. The predicted molar refractivity (Wildman–Crippen MR) is 94.0 cm³/mol. The first kappa shape index (κ1) is 17.0. The van der Waals surface area contributed by atoms with Gasteiger partial charge in [0.1, 0.15) is 6.42 Å². The number of benzene rings is 2. The Morgan fingerprint density at radius 1 is 0.913 bits per heavy atom. The first-order valence-electron chi connectivity index (χ1n) is 7.29. The fourth-order valence-electron chi connectivity index (χ4n) is 2.26. The number of halogens is 1. The summed E-state index contributed by atoms with van der Waals surface area (Å²) in [5.74, 6) is -0.723. The molecular formula is C18H19ClN2O2. The molecule has 0 atom stereocenters. The summed E-state index contributed by atoms with van der Waals surface area (Å²) in [6.07, 6.45) is -0.250. The molecule has 2 rings (SSSR count). The molecule has 2 amide bonds. The first-order chi connectivity index (χ1) is 10.9. The van der Waals surface area contributed by atoms with Gasteiger partial charge >= 0.3 is 0 Å². The van der Waals surface area contributed by atoms with E-state index in [1.54, 1.807) is 12.1 Å². The van der Waals surface area contributed by atoms with E-state index in [0.29, 0.717) is 10.7 Å². The van der Waals surface area contributed by atoms with Crippen molar-refractivity contribution >= 4 is 34.8 Å². The monoisotopic (exact) mass is 330 g/mol. The molecule has 5 heteroatoms. The van der Waals surface area contributed by atoms with Crippen LogP contribution in [0.4, 0.5) is 11.4 Å². The van der Waals surface area contributed by atoms with Crippen molar-refractivity contribution in [1.29, 1.82) is 0 Å². The first-order valence-corrected chi connectivity index (χ1v) is 7.66. The van der Waals surface area contributed by atoms with Gasteiger partial charge in [-0.3, -0.25) is 9.59 Å². The Bertz CT molecular complexity index is 736. The summed E-state index contributed by atoms with van der Waals surface area (Å²) in [6, 6.07) is 11.0. The number of rotatable bonds is 4. The zero-order valence-electron chi connectivity index (χ0n) is 13.4.